The van der Waals surface area contributed by atoms with Crippen molar-refractivity contribution in [2.75, 3.05) is 13.9 Å². The van der Waals surface area contributed by atoms with Crippen molar-refractivity contribution in [2.24, 2.45) is 0 Å². The first-order valence-corrected chi connectivity index (χ1v) is 7.02. The lowest BCUT2D eigenvalue weighted by atomic mass is 9.99. The molecule has 21 heavy (non-hydrogen) atoms. The van der Waals surface area contributed by atoms with Gasteiger partial charge in [-0.3, -0.25) is 0 Å². The highest BCUT2D eigenvalue weighted by atomic mass is 16.8. The minimum atomic E-state index is -0.734. The molecule has 0 bridgehead atoms. The van der Waals surface area contributed by atoms with Gasteiger partial charge in [0, 0.05) is 13.5 Å². The highest BCUT2D eigenvalue weighted by Crippen LogP contribution is 2.38. The van der Waals surface area contributed by atoms with Crippen LogP contribution in [0.5, 0.6) is 0 Å². The standard InChI is InChI=1S/C16H22O5/c1-16(2)20-13(9-10-17)15(21-16)14(19-11-18-3)12-7-5-4-6-8-12/h4-8,10,13-15H,9,11H2,1-3H3/t13-,14-,15+/m1/s1. The van der Waals surface area contributed by atoms with Crippen molar-refractivity contribution in [3.05, 3.63) is 35.9 Å². The molecular weight excluding hydrogens is 272 g/mol. The summed E-state index contributed by atoms with van der Waals surface area (Å²) in [7, 11) is 1.57. The van der Waals surface area contributed by atoms with Gasteiger partial charge in [-0.15, -0.1) is 0 Å². The van der Waals surface area contributed by atoms with E-state index >= 15 is 0 Å². The van der Waals surface area contributed by atoms with Gasteiger partial charge in [-0.2, -0.15) is 0 Å². The fourth-order valence-corrected chi connectivity index (χ4v) is 2.56. The summed E-state index contributed by atoms with van der Waals surface area (Å²) in [5.74, 6) is -0.734. The second-order valence-corrected chi connectivity index (χ2v) is 5.45. The molecule has 0 spiro atoms. The van der Waals surface area contributed by atoms with E-state index in [9.17, 15) is 4.79 Å². The third-order valence-electron chi connectivity index (χ3n) is 3.34. The minimum absolute atomic E-state index is 0.146. The SMILES string of the molecule is COCO[C@H](c1ccccc1)[C@H]1OC(C)(C)O[C@@H]1CC=O. The first-order valence-electron chi connectivity index (χ1n) is 7.02. The topological polar surface area (TPSA) is 54.0 Å². The van der Waals surface area contributed by atoms with Gasteiger partial charge in [0.25, 0.3) is 0 Å². The number of rotatable bonds is 7. The highest BCUT2D eigenvalue weighted by molar-refractivity contribution is 5.50. The van der Waals surface area contributed by atoms with Crippen molar-refractivity contribution in [3.63, 3.8) is 0 Å². The zero-order valence-corrected chi connectivity index (χ0v) is 12.7. The lowest BCUT2D eigenvalue weighted by Crippen LogP contribution is -2.32. The summed E-state index contributed by atoms with van der Waals surface area (Å²) in [6.45, 7) is 3.82. The number of carbonyl (C=O) groups excluding carboxylic acids is 1. The van der Waals surface area contributed by atoms with E-state index in [0.29, 0.717) is 0 Å². The highest BCUT2D eigenvalue weighted by Gasteiger charge is 2.45. The average Bonchev–Trinajstić information content (AvgIpc) is 2.76. The third kappa shape index (κ3) is 4.11. The van der Waals surface area contributed by atoms with Gasteiger partial charge in [0.15, 0.2) is 5.79 Å². The number of hydrogen-bond donors (Lipinski definition) is 0. The number of ether oxygens (including phenoxy) is 4. The van der Waals surface area contributed by atoms with Crippen molar-refractivity contribution in [1.82, 2.24) is 0 Å². The average molecular weight is 294 g/mol. The molecule has 1 aromatic rings. The molecule has 1 aliphatic heterocycles. The summed E-state index contributed by atoms with van der Waals surface area (Å²) < 4.78 is 22.6. The summed E-state index contributed by atoms with van der Waals surface area (Å²) >= 11 is 0. The first-order chi connectivity index (χ1) is 10.1. The van der Waals surface area contributed by atoms with Gasteiger partial charge in [-0.25, -0.2) is 0 Å². The Balaban J connectivity index is 2.24. The minimum Gasteiger partial charge on any atom is -0.359 e. The lowest BCUT2D eigenvalue weighted by Gasteiger charge is -2.26. The maximum atomic E-state index is 10.9. The molecular formula is C16H22O5. The Morgan fingerprint density at radius 2 is 2.00 bits per heavy atom. The van der Waals surface area contributed by atoms with Crippen LogP contribution in [0, 0.1) is 0 Å². The van der Waals surface area contributed by atoms with Crippen LogP contribution in [0.2, 0.25) is 0 Å². The van der Waals surface area contributed by atoms with E-state index in [1.165, 1.54) is 0 Å². The summed E-state index contributed by atoms with van der Waals surface area (Å²) in [5.41, 5.74) is 0.969. The van der Waals surface area contributed by atoms with Crippen LogP contribution >= 0.6 is 0 Å². The summed E-state index contributed by atoms with van der Waals surface area (Å²) in [6, 6.07) is 9.75. The fourth-order valence-electron chi connectivity index (χ4n) is 2.56. The monoisotopic (exact) mass is 294 g/mol. The molecule has 0 amide bonds. The van der Waals surface area contributed by atoms with Crippen LogP contribution < -0.4 is 0 Å². The number of carbonyl (C=O) groups is 1. The summed E-state index contributed by atoms with van der Waals surface area (Å²) in [5, 5.41) is 0. The molecule has 5 nitrogen and oxygen atoms in total. The molecule has 116 valence electrons. The van der Waals surface area contributed by atoms with E-state index in [1.807, 2.05) is 44.2 Å². The number of aldehydes is 1. The van der Waals surface area contributed by atoms with Crippen LogP contribution in [0.15, 0.2) is 30.3 Å². The van der Waals surface area contributed by atoms with Crippen LogP contribution in [-0.4, -0.2) is 38.2 Å². The Bertz CT molecular complexity index is 445. The predicted molar refractivity (Wildman–Crippen MR) is 76.7 cm³/mol. The van der Waals surface area contributed by atoms with Crippen LogP contribution in [0.25, 0.3) is 0 Å². The number of hydrogen-bond acceptors (Lipinski definition) is 5. The van der Waals surface area contributed by atoms with Gasteiger partial charge < -0.3 is 23.7 Å². The van der Waals surface area contributed by atoms with Gasteiger partial charge in [-0.1, -0.05) is 30.3 Å². The second kappa shape index (κ2) is 7.13. The number of methoxy groups -OCH3 is 1. The molecule has 0 radical (unpaired) electrons. The van der Waals surface area contributed by atoms with Gasteiger partial charge in [-0.05, 0) is 19.4 Å². The number of benzene rings is 1. The van der Waals surface area contributed by atoms with Crippen molar-refractivity contribution in [2.45, 2.75) is 44.4 Å². The van der Waals surface area contributed by atoms with Crippen molar-refractivity contribution >= 4 is 6.29 Å². The molecule has 5 heteroatoms. The quantitative estimate of drug-likeness (QED) is 0.571. The molecule has 1 heterocycles. The van der Waals surface area contributed by atoms with Gasteiger partial charge in [0.05, 0.1) is 6.10 Å². The van der Waals surface area contributed by atoms with E-state index in [1.54, 1.807) is 7.11 Å². The van der Waals surface area contributed by atoms with Gasteiger partial charge >= 0.3 is 0 Å². The molecule has 0 saturated carbocycles. The molecule has 1 aliphatic rings. The van der Waals surface area contributed by atoms with E-state index in [4.69, 9.17) is 18.9 Å². The lowest BCUT2D eigenvalue weighted by molar-refractivity contribution is -0.171. The van der Waals surface area contributed by atoms with Crippen LogP contribution in [0.4, 0.5) is 0 Å². The smallest absolute Gasteiger partial charge is 0.163 e. The zero-order valence-electron chi connectivity index (χ0n) is 12.7. The molecule has 0 unspecified atom stereocenters. The summed E-state index contributed by atoms with van der Waals surface area (Å²) in [6.07, 6.45) is 0.0781. The van der Waals surface area contributed by atoms with Crippen LogP contribution in [0.3, 0.4) is 0 Å². The Morgan fingerprint density at radius 1 is 1.29 bits per heavy atom. The Kier molecular flexibility index (Phi) is 5.47. The third-order valence-corrected chi connectivity index (χ3v) is 3.34. The van der Waals surface area contributed by atoms with Gasteiger partial charge in [0.1, 0.15) is 25.3 Å². The molecule has 0 aromatic heterocycles. The van der Waals surface area contributed by atoms with E-state index in [0.717, 1.165) is 11.8 Å². The largest absolute Gasteiger partial charge is 0.359 e. The molecule has 3 atom stereocenters. The van der Waals surface area contributed by atoms with Gasteiger partial charge in [0.2, 0.25) is 0 Å². The maximum absolute atomic E-state index is 10.9. The maximum Gasteiger partial charge on any atom is 0.163 e. The Morgan fingerprint density at radius 3 is 2.62 bits per heavy atom. The molecule has 1 fully saturated rings. The van der Waals surface area contributed by atoms with E-state index in [2.05, 4.69) is 0 Å². The van der Waals surface area contributed by atoms with Crippen molar-refractivity contribution < 1.29 is 23.7 Å². The Labute approximate surface area is 125 Å². The van der Waals surface area contributed by atoms with Crippen molar-refractivity contribution in [3.8, 4) is 0 Å². The Hall–Kier alpha value is -1.27. The molecule has 2 rings (SSSR count). The first kappa shape index (κ1) is 16.1. The molecule has 1 aromatic carbocycles. The second-order valence-electron chi connectivity index (χ2n) is 5.45. The van der Waals surface area contributed by atoms with Crippen LogP contribution in [0.1, 0.15) is 31.9 Å². The van der Waals surface area contributed by atoms with Crippen molar-refractivity contribution in [1.29, 1.82) is 0 Å². The molecule has 0 aliphatic carbocycles. The van der Waals surface area contributed by atoms with Crippen LogP contribution in [-0.2, 0) is 23.7 Å². The molecule has 1 saturated heterocycles. The predicted octanol–water partition coefficient (Wildman–Crippen LogP) is 2.46. The summed E-state index contributed by atoms with van der Waals surface area (Å²) in [4.78, 5) is 10.9. The van der Waals surface area contributed by atoms with E-state index < -0.39 is 5.79 Å². The fraction of sp³-hybridized carbons (Fsp3) is 0.562. The molecule has 0 N–H and O–H groups in total. The zero-order chi connectivity index (χ0) is 15.3. The normalized spacial score (nSPS) is 25.7. The van der Waals surface area contributed by atoms with E-state index in [-0.39, 0.29) is 31.5 Å².